The van der Waals surface area contributed by atoms with Crippen LogP contribution in [0.15, 0.2) is 0 Å². The second-order valence-electron chi connectivity index (χ2n) is 5.23. The standard InChI is InChI=1S/C12H22N2O2/c1-2-12(4-3-5-12)8-14-11(15)9-6-16-7-10(9)13/h9-10H,2-8,13H2,1H3,(H,14,15). The summed E-state index contributed by atoms with van der Waals surface area (Å²) in [6.45, 7) is 4.00. The van der Waals surface area contributed by atoms with Gasteiger partial charge in [0.1, 0.15) is 0 Å². The Morgan fingerprint density at radius 3 is 2.69 bits per heavy atom. The molecule has 3 N–H and O–H groups in total. The molecule has 0 bridgehead atoms. The largest absolute Gasteiger partial charge is 0.379 e. The Morgan fingerprint density at radius 1 is 1.50 bits per heavy atom. The molecule has 2 fully saturated rings. The lowest BCUT2D eigenvalue weighted by atomic mass is 9.67. The zero-order valence-corrected chi connectivity index (χ0v) is 10.00. The highest BCUT2D eigenvalue weighted by Crippen LogP contribution is 2.43. The number of nitrogens with one attached hydrogen (secondary N) is 1. The quantitative estimate of drug-likeness (QED) is 0.740. The Hall–Kier alpha value is -0.610. The summed E-state index contributed by atoms with van der Waals surface area (Å²) in [5, 5.41) is 3.05. The summed E-state index contributed by atoms with van der Waals surface area (Å²) in [5.41, 5.74) is 6.19. The van der Waals surface area contributed by atoms with Gasteiger partial charge in [-0.2, -0.15) is 0 Å². The predicted molar refractivity (Wildman–Crippen MR) is 61.9 cm³/mol. The van der Waals surface area contributed by atoms with Crippen LogP contribution in [0.25, 0.3) is 0 Å². The van der Waals surface area contributed by atoms with Crippen molar-refractivity contribution in [3.05, 3.63) is 0 Å². The van der Waals surface area contributed by atoms with Gasteiger partial charge in [0.15, 0.2) is 0 Å². The van der Waals surface area contributed by atoms with Crippen molar-refractivity contribution >= 4 is 5.91 Å². The number of carbonyl (C=O) groups excluding carboxylic acids is 1. The Morgan fingerprint density at radius 2 is 2.25 bits per heavy atom. The smallest absolute Gasteiger partial charge is 0.227 e. The molecule has 2 aliphatic rings. The number of hydrogen-bond donors (Lipinski definition) is 2. The fourth-order valence-electron chi connectivity index (χ4n) is 2.58. The number of rotatable bonds is 4. The minimum atomic E-state index is -0.144. The van der Waals surface area contributed by atoms with E-state index in [1.54, 1.807) is 0 Å². The van der Waals surface area contributed by atoms with Crippen molar-refractivity contribution in [1.82, 2.24) is 5.32 Å². The first-order chi connectivity index (χ1) is 7.67. The van der Waals surface area contributed by atoms with Crippen LogP contribution in [0.4, 0.5) is 0 Å². The van der Waals surface area contributed by atoms with Gasteiger partial charge in [-0.3, -0.25) is 4.79 Å². The lowest BCUT2D eigenvalue weighted by Crippen LogP contribution is -2.46. The molecule has 2 unspecified atom stereocenters. The molecule has 1 saturated carbocycles. The van der Waals surface area contributed by atoms with Crippen LogP contribution < -0.4 is 11.1 Å². The van der Waals surface area contributed by atoms with E-state index in [0.29, 0.717) is 18.6 Å². The van der Waals surface area contributed by atoms with Crippen LogP contribution in [0.1, 0.15) is 32.6 Å². The average Bonchev–Trinajstić information content (AvgIpc) is 2.63. The number of nitrogens with two attached hydrogens (primary N) is 1. The predicted octanol–water partition coefficient (Wildman–Crippen LogP) is 0.657. The minimum Gasteiger partial charge on any atom is -0.379 e. The third kappa shape index (κ3) is 2.23. The Balaban J connectivity index is 1.79. The maximum atomic E-state index is 11.9. The molecule has 0 aromatic carbocycles. The van der Waals surface area contributed by atoms with Crippen molar-refractivity contribution in [2.45, 2.75) is 38.6 Å². The van der Waals surface area contributed by atoms with Crippen LogP contribution >= 0.6 is 0 Å². The van der Waals surface area contributed by atoms with E-state index in [-0.39, 0.29) is 17.9 Å². The maximum Gasteiger partial charge on any atom is 0.227 e. The molecular formula is C12H22N2O2. The van der Waals surface area contributed by atoms with Gasteiger partial charge in [0.05, 0.1) is 19.1 Å². The molecule has 2 atom stereocenters. The molecule has 4 nitrogen and oxygen atoms in total. The normalized spacial score (nSPS) is 32.1. The fraction of sp³-hybridized carbons (Fsp3) is 0.917. The van der Waals surface area contributed by atoms with Crippen molar-refractivity contribution in [2.75, 3.05) is 19.8 Å². The molecule has 0 aromatic heterocycles. The van der Waals surface area contributed by atoms with Crippen molar-refractivity contribution in [2.24, 2.45) is 17.1 Å². The van der Waals surface area contributed by atoms with Crippen LogP contribution in [0, 0.1) is 11.3 Å². The van der Waals surface area contributed by atoms with E-state index in [2.05, 4.69) is 12.2 Å². The van der Waals surface area contributed by atoms with Crippen LogP contribution in [0.3, 0.4) is 0 Å². The van der Waals surface area contributed by atoms with Gasteiger partial charge < -0.3 is 15.8 Å². The van der Waals surface area contributed by atoms with Crippen molar-refractivity contribution in [3.8, 4) is 0 Å². The van der Waals surface area contributed by atoms with E-state index in [1.807, 2.05) is 0 Å². The van der Waals surface area contributed by atoms with E-state index in [0.717, 1.165) is 13.0 Å². The second kappa shape index (κ2) is 4.72. The molecule has 0 spiro atoms. The first-order valence-corrected chi connectivity index (χ1v) is 6.28. The highest BCUT2D eigenvalue weighted by molar-refractivity contribution is 5.79. The first kappa shape index (κ1) is 11.9. The topological polar surface area (TPSA) is 64.3 Å². The van der Waals surface area contributed by atoms with Crippen molar-refractivity contribution in [1.29, 1.82) is 0 Å². The highest BCUT2D eigenvalue weighted by atomic mass is 16.5. The summed E-state index contributed by atoms with van der Waals surface area (Å²) in [6, 6.07) is -0.126. The molecule has 0 radical (unpaired) electrons. The fourth-order valence-corrected chi connectivity index (χ4v) is 2.58. The molecule has 92 valence electrons. The molecule has 1 aliphatic carbocycles. The number of hydrogen-bond acceptors (Lipinski definition) is 3. The first-order valence-electron chi connectivity index (χ1n) is 6.28. The van der Waals surface area contributed by atoms with Gasteiger partial charge in [-0.15, -0.1) is 0 Å². The Bertz CT molecular complexity index is 258. The SMILES string of the molecule is CCC1(CNC(=O)C2COCC2N)CCC1. The zero-order valence-electron chi connectivity index (χ0n) is 10.00. The summed E-state index contributed by atoms with van der Waals surface area (Å²) in [5.74, 6) is -0.0706. The lowest BCUT2D eigenvalue weighted by Gasteiger charge is -2.41. The van der Waals surface area contributed by atoms with Crippen molar-refractivity contribution in [3.63, 3.8) is 0 Å². The van der Waals surface area contributed by atoms with E-state index in [4.69, 9.17) is 10.5 Å². The average molecular weight is 226 g/mol. The third-order valence-corrected chi connectivity index (χ3v) is 4.26. The van der Waals surface area contributed by atoms with Gasteiger partial charge in [-0.25, -0.2) is 0 Å². The number of ether oxygens (including phenoxy) is 1. The van der Waals surface area contributed by atoms with E-state index >= 15 is 0 Å². The molecule has 1 aliphatic heterocycles. The van der Waals surface area contributed by atoms with Gasteiger partial charge in [0.25, 0.3) is 0 Å². The summed E-state index contributed by atoms with van der Waals surface area (Å²) >= 11 is 0. The second-order valence-corrected chi connectivity index (χ2v) is 5.23. The highest BCUT2D eigenvalue weighted by Gasteiger charge is 2.37. The van der Waals surface area contributed by atoms with Gasteiger partial charge in [-0.1, -0.05) is 13.3 Å². The molecule has 16 heavy (non-hydrogen) atoms. The molecular weight excluding hydrogens is 204 g/mol. The van der Waals surface area contributed by atoms with Gasteiger partial charge in [0, 0.05) is 12.6 Å². The van der Waals surface area contributed by atoms with Crippen LogP contribution in [0.5, 0.6) is 0 Å². The number of carbonyl (C=O) groups is 1. The summed E-state index contributed by atoms with van der Waals surface area (Å²) in [4.78, 5) is 11.9. The van der Waals surface area contributed by atoms with Gasteiger partial charge in [0.2, 0.25) is 5.91 Å². The number of amides is 1. The Labute approximate surface area is 96.9 Å². The third-order valence-electron chi connectivity index (χ3n) is 4.26. The van der Waals surface area contributed by atoms with Crippen molar-refractivity contribution < 1.29 is 9.53 Å². The molecule has 2 rings (SSSR count). The lowest BCUT2D eigenvalue weighted by molar-refractivity contribution is -0.126. The van der Waals surface area contributed by atoms with Gasteiger partial charge >= 0.3 is 0 Å². The monoisotopic (exact) mass is 226 g/mol. The summed E-state index contributed by atoms with van der Waals surface area (Å²) in [6.07, 6.45) is 4.95. The summed E-state index contributed by atoms with van der Waals surface area (Å²) in [7, 11) is 0. The summed E-state index contributed by atoms with van der Waals surface area (Å²) < 4.78 is 5.20. The van der Waals surface area contributed by atoms with Gasteiger partial charge in [-0.05, 0) is 24.7 Å². The zero-order chi connectivity index (χ0) is 11.6. The molecule has 1 saturated heterocycles. The molecule has 1 amide bonds. The van der Waals surface area contributed by atoms with Crippen LogP contribution in [-0.4, -0.2) is 31.7 Å². The molecule has 4 heteroatoms. The molecule has 1 heterocycles. The molecule has 0 aromatic rings. The van der Waals surface area contributed by atoms with Crippen LogP contribution in [-0.2, 0) is 9.53 Å². The van der Waals surface area contributed by atoms with E-state index in [1.165, 1.54) is 19.3 Å². The van der Waals surface area contributed by atoms with E-state index < -0.39 is 0 Å². The van der Waals surface area contributed by atoms with Crippen LogP contribution in [0.2, 0.25) is 0 Å². The van der Waals surface area contributed by atoms with E-state index in [9.17, 15) is 4.79 Å². The minimum absolute atomic E-state index is 0.0738. The maximum absolute atomic E-state index is 11.9. The Kier molecular flexibility index (Phi) is 3.50.